The summed E-state index contributed by atoms with van der Waals surface area (Å²) in [5.74, 6) is 0.100. The van der Waals surface area contributed by atoms with Crippen molar-refractivity contribution in [2.75, 3.05) is 11.5 Å². The molecule has 1 aromatic heterocycles. The Balaban J connectivity index is 1.92. The largest absolute Gasteiger partial charge is 0.347 e. The van der Waals surface area contributed by atoms with Crippen LogP contribution in [0.5, 0.6) is 0 Å². The van der Waals surface area contributed by atoms with Gasteiger partial charge < -0.3 is 5.32 Å². The molecule has 0 aromatic carbocycles. The second-order valence-electron chi connectivity index (χ2n) is 4.64. The first-order chi connectivity index (χ1) is 8.46. The van der Waals surface area contributed by atoms with E-state index >= 15 is 0 Å². The number of aryl methyl sites for hydroxylation is 1. The highest BCUT2D eigenvalue weighted by Gasteiger charge is 2.29. The van der Waals surface area contributed by atoms with Crippen LogP contribution in [0.15, 0.2) is 24.4 Å². The fourth-order valence-electron chi connectivity index (χ4n) is 2.08. The average Bonchev–Trinajstić information content (AvgIpc) is 2.61. The third-order valence-corrected chi connectivity index (χ3v) is 4.85. The van der Waals surface area contributed by atoms with Gasteiger partial charge in [-0.15, -0.1) is 0 Å². The lowest BCUT2D eigenvalue weighted by Crippen LogP contribution is -2.47. The van der Waals surface area contributed by atoms with Gasteiger partial charge in [-0.2, -0.15) is 4.57 Å². The van der Waals surface area contributed by atoms with E-state index in [4.69, 9.17) is 0 Å². The number of hydrogen-bond acceptors (Lipinski definition) is 3. The molecule has 1 aromatic rings. The SMILES string of the molecule is Cc1cccc[n+]1CC(=O)N[C@H]1CCS(=O)(=O)C1. The summed E-state index contributed by atoms with van der Waals surface area (Å²) in [5.41, 5.74) is 0.992. The second-order valence-corrected chi connectivity index (χ2v) is 6.87. The molecule has 0 radical (unpaired) electrons. The van der Waals surface area contributed by atoms with Gasteiger partial charge >= 0.3 is 0 Å². The summed E-state index contributed by atoms with van der Waals surface area (Å²) < 4.78 is 24.4. The topological polar surface area (TPSA) is 67.1 Å². The van der Waals surface area contributed by atoms with Crippen molar-refractivity contribution in [2.24, 2.45) is 0 Å². The van der Waals surface area contributed by atoms with Crippen LogP contribution in [0.2, 0.25) is 0 Å². The lowest BCUT2D eigenvalue weighted by atomic mass is 10.2. The molecule has 1 fully saturated rings. The summed E-state index contributed by atoms with van der Waals surface area (Å²) in [5, 5.41) is 2.77. The van der Waals surface area contributed by atoms with Crippen molar-refractivity contribution in [2.45, 2.75) is 25.9 Å². The van der Waals surface area contributed by atoms with E-state index in [1.165, 1.54) is 0 Å². The zero-order valence-electron chi connectivity index (χ0n) is 10.3. The van der Waals surface area contributed by atoms with E-state index < -0.39 is 9.84 Å². The van der Waals surface area contributed by atoms with Crippen LogP contribution in [-0.4, -0.2) is 31.9 Å². The van der Waals surface area contributed by atoms with E-state index in [9.17, 15) is 13.2 Å². The molecule has 5 nitrogen and oxygen atoms in total. The highest BCUT2D eigenvalue weighted by Crippen LogP contribution is 2.10. The van der Waals surface area contributed by atoms with Gasteiger partial charge in [-0.1, -0.05) is 6.07 Å². The average molecular weight is 269 g/mol. The van der Waals surface area contributed by atoms with Crippen molar-refractivity contribution in [3.05, 3.63) is 30.1 Å². The number of amides is 1. The van der Waals surface area contributed by atoms with Gasteiger partial charge in [0.05, 0.1) is 11.5 Å². The number of aromatic nitrogens is 1. The van der Waals surface area contributed by atoms with Crippen molar-refractivity contribution < 1.29 is 17.8 Å². The molecule has 18 heavy (non-hydrogen) atoms. The number of pyridine rings is 1. The summed E-state index contributed by atoms with van der Waals surface area (Å²) in [6.45, 7) is 2.15. The Labute approximate surface area is 107 Å². The van der Waals surface area contributed by atoms with E-state index in [-0.39, 0.29) is 30.0 Å². The third-order valence-electron chi connectivity index (χ3n) is 3.08. The van der Waals surface area contributed by atoms with E-state index in [2.05, 4.69) is 5.32 Å². The molecule has 0 unspecified atom stereocenters. The van der Waals surface area contributed by atoms with E-state index in [1.807, 2.05) is 35.9 Å². The van der Waals surface area contributed by atoms with Crippen molar-refractivity contribution in [3.8, 4) is 0 Å². The molecule has 0 aliphatic carbocycles. The van der Waals surface area contributed by atoms with Crippen molar-refractivity contribution in [1.29, 1.82) is 0 Å². The number of sulfone groups is 1. The fourth-order valence-corrected chi connectivity index (χ4v) is 3.75. The molecule has 1 aliphatic rings. The Kier molecular flexibility index (Phi) is 3.65. The van der Waals surface area contributed by atoms with Gasteiger partial charge in [0.25, 0.3) is 5.91 Å². The van der Waals surface area contributed by atoms with Crippen LogP contribution in [-0.2, 0) is 21.2 Å². The van der Waals surface area contributed by atoms with Gasteiger partial charge in [-0.05, 0) is 6.42 Å². The standard InChI is InChI=1S/C12H16N2O3S/c1-10-4-2-3-6-14(10)8-12(15)13-11-5-7-18(16,17)9-11/h2-4,6,11H,5,7-9H2,1H3/p+1/t11-/m0/s1. The zero-order valence-corrected chi connectivity index (χ0v) is 11.1. The maximum Gasteiger partial charge on any atom is 0.286 e. The van der Waals surface area contributed by atoms with Crippen LogP contribution in [0, 0.1) is 6.92 Å². The Morgan fingerprint density at radius 1 is 1.50 bits per heavy atom. The molecule has 98 valence electrons. The number of nitrogens with zero attached hydrogens (tertiary/aromatic N) is 1. The molecule has 1 atom stereocenters. The van der Waals surface area contributed by atoms with Crippen LogP contribution < -0.4 is 9.88 Å². The van der Waals surface area contributed by atoms with Crippen LogP contribution in [0.1, 0.15) is 12.1 Å². The van der Waals surface area contributed by atoms with Gasteiger partial charge in [-0.3, -0.25) is 4.79 Å². The molecule has 1 amide bonds. The number of carbonyl (C=O) groups is 1. The van der Waals surface area contributed by atoms with Gasteiger partial charge in [0.2, 0.25) is 6.54 Å². The predicted octanol–water partition coefficient (Wildman–Crippen LogP) is -0.414. The first-order valence-electron chi connectivity index (χ1n) is 5.91. The Bertz CT molecular complexity index is 554. The van der Waals surface area contributed by atoms with Crippen molar-refractivity contribution >= 4 is 15.7 Å². The molecular weight excluding hydrogens is 252 g/mol. The number of rotatable bonds is 3. The molecule has 0 spiro atoms. The molecule has 6 heteroatoms. The molecule has 0 bridgehead atoms. The lowest BCUT2D eigenvalue weighted by molar-refractivity contribution is -0.690. The van der Waals surface area contributed by atoms with Crippen molar-refractivity contribution in [3.63, 3.8) is 0 Å². The summed E-state index contributed by atoms with van der Waals surface area (Å²) in [4.78, 5) is 11.8. The van der Waals surface area contributed by atoms with E-state index in [0.717, 1.165) is 5.69 Å². The normalized spacial score (nSPS) is 21.7. The Morgan fingerprint density at radius 2 is 2.28 bits per heavy atom. The molecule has 1 aliphatic heterocycles. The Hall–Kier alpha value is -1.43. The summed E-state index contributed by atoms with van der Waals surface area (Å²) in [7, 11) is -2.94. The molecule has 2 heterocycles. The Morgan fingerprint density at radius 3 is 2.89 bits per heavy atom. The maximum absolute atomic E-state index is 11.8. The molecule has 1 saturated heterocycles. The van der Waals surface area contributed by atoms with Crippen LogP contribution in [0.3, 0.4) is 0 Å². The van der Waals surface area contributed by atoms with Crippen LogP contribution >= 0.6 is 0 Å². The van der Waals surface area contributed by atoms with Crippen molar-refractivity contribution in [1.82, 2.24) is 5.32 Å². The fraction of sp³-hybridized carbons (Fsp3) is 0.500. The highest BCUT2D eigenvalue weighted by molar-refractivity contribution is 7.91. The van der Waals surface area contributed by atoms with Gasteiger partial charge in [0.1, 0.15) is 0 Å². The summed E-state index contributed by atoms with van der Waals surface area (Å²) >= 11 is 0. The minimum absolute atomic E-state index is 0.0666. The lowest BCUT2D eigenvalue weighted by Gasteiger charge is -2.09. The minimum Gasteiger partial charge on any atom is -0.347 e. The molecule has 2 rings (SSSR count). The number of carbonyl (C=O) groups excluding carboxylic acids is 1. The monoisotopic (exact) mass is 269 g/mol. The van der Waals surface area contributed by atoms with E-state index in [1.54, 1.807) is 0 Å². The number of nitrogens with one attached hydrogen (secondary N) is 1. The van der Waals surface area contributed by atoms with Crippen LogP contribution in [0.25, 0.3) is 0 Å². The molecular formula is C12H17N2O3S+. The number of hydrogen-bond donors (Lipinski definition) is 1. The van der Waals surface area contributed by atoms with Gasteiger partial charge in [-0.25, -0.2) is 8.42 Å². The quantitative estimate of drug-likeness (QED) is 0.758. The van der Waals surface area contributed by atoms with Gasteiger partial charge in [0, 0.05) is 25.1 Å². The maximum atomic E-state index is 11.8. The van der Waals surface area contributed by atoms with Crippen LogP contribution in [0.4, 0.5) is 0 Å². The first-order valence-corrected chi connectivity index (χ1v) is 7.73. The minimum atomic E-state index is -2.94. The molecule has 0 saturated carbocycles. The zero-order chi connectivity index (χ0) is 13.2. The van der Waals surface area contributed by atoms with E-state index in [0.29, 0.717) is 6.42 Å². The summed E-state index contributed by atoms with van der Waals surface area (Å²) in [6, 6.07) is 5.47. The summed E-state index contributed by atoms with van der Waals surface area (Å²) in [6.07, 6.45) is 2.35. The van der Waals surface area contributed by atoms with Gasteiger partial charge in [0.15, 0.2) is 21.7 Å². The third kappa shape index (κ3) is 3.29. The second kappa shape index (κ2) is 5.06. The predicted molar refractivity (Wildman–Crippen MR) is 66.6 cm³/mol. The molecule has 1 N–H and O–H groups in total. The highest BCUT2D eigenvalue weighted by atomic mass is 32.2. The first kappa shape index (κ1) is 13.0. The smallest absolute Gasteiger partial charge is 0.286 e.